The maximum atomic E-state index is 12.4. The number of halogens is 1. The molecule has 0 atom stereocenters. The van der Waals surface area contributed by atoms with Gasteiger partial charge >= 0.3 is 0 Å². The summed E-state index contributed by atoms with van der Waals surface area (Å²) >= 11 is 6.22. The van der Waals surface area contributed by atoms with Gasteiger partial charge in [0.05, 0.1) is 10.5 Å². The van der Waals surface area contributed by atoms with Gasteiger partial charge in [0.25, 0.3) is 5.91 Å². The van der Waals surface area contributed by atoms with Gasteiger partial charge in [0.15, 0.2) is 17.2 Å². The highest BCUT2D eigenvalue weighted by molar-refractivity contribution is 6.37. The molecule has 4 rings (SSSR count). The maximum absolute atomic E-state index is 12.4. The van der Waals surface area contributed by atoms with Gasteiger partial charge in [-0.2, -0.15) is 5.10 Å². The Bertz CT molecular complexity index is 891. The number of carbonyl (C=O) groups is 1. The van der Waals surface area contributed by atoms with Crippen molar-refractivity contribution in [3.8, 4) is 11.5 Å². The average molecular weight is 316 g/mol. The first kappa shape index (κ1) is 13.0. The summed E-state index contributed by atoms with van der Waals surface area (Å²) in [5.41, 5.74) is 1.44. The topological polar surface area (TPSA) is 64.9 Å². The van der Waals surface area contributed by atoms with Crippen LogP contribution < -0.4 is 14.8 Å². The maximum Gasteiger partial charge on any atom is 0.277 e. The molecule has 6 nitrogen and oxygen atoms in total. The summed E-state index contributed by atoms with van der Waals surface area (Å²) < 4.78 is 12.1. The summed E-state index contributed by atoms with van der Waals surface area (Å²) in [5, 5.41) is 7.27. The van der Waals surface area contributed by atoms with Crippen molar-refractivity contribution in [2.45, 2.75) is 0 Å². The second-order valence-corrected chi connectivity index (χ2v) is 5.09. The number of aromatic nitrogens is 2. The summed E-state index contributed by atoms with van der Waals surface area (Å²) in [4.78, 5) is 12.4. The van der Waals surface area contributed by atoms with Crippen molar-refractivity contribution >= 4 is 28.7 Å². The number of ether oxygens (including phenoxy) is 2. The first-order valence-corrected chi connectivity index (χ1v) is 6.94. The molecule has 2 aromatic heterocycles. The van der Waals surface area contributed by atoms with E-state index in [1.54, 1.807) is 35.0 Å². The number of fused-ring (bicyclic) bond motifs is 2. The van der Waals surface area contributed by atoms with Crippen LogP contribution in [-0.2, 0) is 0 Å². The summed E-state index contributed by atoms with van der Waals surface area (Å²) in [5.74, 6) is 0.871. The van der Waals surface area contributed by atoms with E-state index in [2.05, 4.69) is 10.4 Å². The molecular weight excluding hydrogens is 306 g/mol. The van der Waals surface area contributed by atoms with Crippen LogP contribution in [0.3, 0.4) is 0 Å². The third kappa shape index (κ3) is 2.05. The third-order valence-electron chi connectivity index (χ3n) is 3.33. The fourth-order valence-electron chi connectivity index (χ4n) is 2.28. The quantitative estimate of drug-likeness (QED) is 0.789. The van der Waals surface area contributed by atoms with E-state index in [0.29, 0.717) is 27.7 Å². The molecule has 7 heteroatoms. The number of anilines is 1. The molecule has 0 saturated carbocycles. The predicted octanol–water partition coefficient (Wildman–Crippen LogP) is 2.97. The van der Waals surface area contributed by atoms with Gasteiger partial charge in [0, 0.05) is 18.0 Å². The van der Waals surface area contributed by atoms with Crippen molar-refractivity contribution in [3.05, 3.63) is 53.3 Å². The van der Waals surface area contributed by atoms with Crippen molar-refractivity contribution in [1.29, 1.82) is 0 Å². The Morgan fingerprint density at radius 3 is 2.95 bits per heavy atom. The Morgan fingerprint density at radius 1 is 1.23 bits per heavy atom. The second kappa shape index (κ2) is 4.92. The zero-order valence-electron chi connectivity index (χ0n) is 11.2. The number of pyridine rings is 1. The third-order valence-corrected chi connectivity index (χ3v) is 3.70. The Morgan fingerprint density at radius 2 is 2.09 bits per heavy atom. The van der Waals surface area contributed by atoms with Gasteiger partial charge in [-0.1, -0.05) is 17.7 Å². The predicted molar refractivity (Wildman–Crippen MR) is 80.7 cm³/mol. The largest absolute Gasteiger partial charge is 0.454 e. The highest BCUT2D eigenvalue weighted by atomic mass is 35.5. The first-order valence-electron chi connectivity index (χ1n) is 6.56. The highest BCUT2D eigenvalue weighted by Gasteiger charge is 2.19. The minimum Gasteiger partial charge on any atom is -0.454 e. The van der Waals surface area contributed by atoms with Gasteiger partial charge in [0.2, 0.25) is 6.79 Å². The van der Waals surface area contributed by atoms with Crippen LogP contribution in [0, 0.1) is 0 Å². The number of nitrogens with one attached hydrogen (secondary N) is 1. The smallest absolute Gasteiger partial charge is 0.277 e. The van der Waals surface area contributed by atoms with E-state index in [1.807, 2.05) is 12.1 Å². The molecule has 22 heavy (non-hydrogen) atoms. The number of benzene rings is 1. The molecule has 1 aliphatic heterocycles. The summed E-state index contributed by atoms with van der Waals surface area (Å²) in [6.07, 6.45) is 1.73. The lowest BCUT2D eigenvalue weighted by atomic mass is 10.2. The molecule has 0 radical (unpaired) electrons. The average Bonchev–Trinajstić information content (AvgIpc) is 3.12. The fourth-order valence-corrected chi connectivity index (χ4v) is 2.55. The molecule has 1 aromatic carbocycles. The molecule has 0 unspecified atom stereocenters. The minimum absolute atomic E-state index is 0.172. The number of rotatable bonds is 2. The molecular formula is C15H10ClN3O3. The molecule has 0 spiro atoms. The molecule has 1 amide bonds. The van der Waals surface area contributed by atoms with E-state index in [4.69, 9.17) is 21.1 Å². The van der Waals surface area contributed by atoms with Gasteiger partial charge in [-0.15, -0.1) is 0 Å². The number of carbonyl (C=O) groups excluding carboxylic acids is 1. The Labute approximate surface area is 130 Å². The molecule has 1 aliphatic rings. The van der Waals surface area contributed by atoms with E-state index in [1.165, 1.54) is 0 Å². The lowest BCUT2D eigenvalue weighted by Gasteiger charge is -2.04. The Hall–Kier alpha value is -2.73. The molecule has 0 aliphatic carbocycles. The van der Waals surface area contributed by atoms with Crippen molar-refractivity contribution in [2.75, 3.05) is 12.1 Å². The van der Waals surface area contributed by atoms with Crippen LogP contribution in [0.25, 0.3) is 5.52 Å². The summed E-state index contributed by atoms with van der Waals surface area (Å²) in [6, 6.07) is 10.6. The first-order chi connectivity index (χ1) is 10.7. The lowest BCUT2D eigenvalue weighted by Crippen LogP contribution is -2.13. The van der Waals surface area contributed by atoms with E-state index in [0.717, 1.165) is 0 Å². The molecule has 1 N–H and O–H groups in total. The van der Waals surface area contributed by atoms with E-state index in [9.17, 15) is 4.79 Å². The molecule has 3 aromatic rings. The van der Waals surface area contributed by atoms with E-state index < -0.39 is 0 Å². The Kier molecular flexibility index (Phi) is 2.90. The zero-order valence-corrected chi connectivity index (χ0v) is 12.0. The van der Waals surface area contributed by atoms with Crippen LogP contribution in [0.4, 0.5) is 5.69 Å². The van der Waals surface area contributed by atoms with Gasteiger partial charge in [-0.05, 0) is 24.3 Å². The zero-order chi connectivity index (χ0) is 15.1. The van der Waals surface area contributed by atoms with Gasteiger partial charge in [-0.3, -0.25) is 4.79 Å². The van der Waals surface area contributed by atoms with Crippen LogP contribution in [-0.4, -0.2) is 22.3 Å². The van der Waals surface area contributed by atoms with Gasteiger partial charge in [-0.25, -0.2) is 4.52 Å². The Balaban J connectivity index is 1.65. The van der Waals surface area contributed by atoms with Crippen LogP contribution in [0.5, 0.6) is 11.5 Å². The lowest BCUT2D eigenvalue weighted by molar-refractivity contribution is 0.102. The van der Waals surface area contributed by atoms with E-state index in [-0.39, 0.29) is 18.4 Å². The standard InChI is InChI=1S/C15H10ClN3O3/c16-13-10-3-1-2-6-19(10)18-14(13)15(20)17-9-4-5-11-12(7-9)22-8-21-11/h1-7H,8H2,(H,17,20). The number of hydrogen-bond acceptors (Lipinski definition) is 4. The number of nitrogens with zero attached hydrogens (tertiary/aromatic N) is 2. The van der Waals surface area contributed by atoms with Crippen molar-refractivity contribution in [2.24, 2.45) is 0 Å². The van der Waals surface area contributed by atoms with E-state index >= 15 is 0 Å². The van der Waals surface area contributed by atoms with Crippen LogP contribution in [0.15, 0.2) is 42.6 Å². The summed E-state index contributed by atoms with van der Waals surface area (Å²) in [7, 11) is 0. The van der Waals surface area contributed by atoms with Crippen LogP contribution in [0.2, 0.25) is 5.02 Å². The molecule has 3 heterocycles. The highest BCUT2D eigenvalue weighted by Crippen LogP contribution is 2.34. The SMILES string of the molecule is O=C(Nc1ccc2c(c1)OCO2)c1nn2ccccc2c1Cl. The second-order valence-electron chi connectivity index (χ2n) is 4.72. The monoisotopic (exact) mass is 315 g/mol. The fraction of sp³-hybridized carbons (Fsp3) is 0.0667. The summed E-state index contributed by atoms with van der Waals surface area (Å²) in [6.45, 7) is 0.186. The van der Waals surface area contributed by atoms with Crippen LogP contribution in [0.1, 0.15) is 10.5 Å². The van der Waals surface area contributed by atoms with Gasteiger partial charge in [0.1, 0.15) is 0 Å². The van der Waals surface area contributed by atoms with Crippen molar-refractivity contribution in [1.82, 2.24) is 9.61 Å². The van der Waals surface area contributed by atoms with Crippen molar-refractivity contribution < 1.29 is 14.3 Å². The number of hydrogen-bond donors (Lipinski definition) is 1. The van der Waals surface area contributed by atoms with Crippen molar-refractivity contribution in [3.63, 3.8) is 0 Å². The van der Waals surface area contributed by atoms with Gasteiger partial charge < -0.3 is 14.8 Å². The molecule has 0 fully saturated rings. The van der Waals surface area contributed by atoms with Crippen LogP contribution >= 0.6 is 11.6 Å². The molecule has 0 bridgehead atoms. The minimum atomic E-state index is -0.382. The molecule has 0 saturated heterocycles. The normalized spacial score (nSPS) is 12.6. The number of amides is 1. The molecule has 110 valence electrons.